The Kier molecular flexibility index (Phi) is 5.68. The van der Waals surface area contributed by atoms with Gasteiger partial charge in [-0.1, -0.05) is 6.08 Å². The Morgan fingerprint density at radius 1 is 1.03 bits per heavy atom. The van der Waals surface area contributed by atoms with Crippen molar-refractivity contribution in [2.24, 2.45) is 0 Å². The normalized spacial score (nSPS) is 13.9. The number of hydrogen-bond acceptors (Lipinski definition) is 6. The lowest BCUT2D eigenvalue weighted by atomic mass is 10.0. The van der Waals surface area contributed by atoms with E-state index in [4.69, 9.17) is 23.7 Å². The number of halogens is 1. The van der Waals surface area contributed by atoms with Crippen LogP contribution in [0.15, 0.2) is 30.3 Å². The van der Waals surface area contributed by atoms with E-state index in [1.54, 1.807) is 30.4 Å². The van der Waals surface area contributed by atoms with Crippen LogP contribution in [0.5, 0.6) is 23.0 Å². The predicted molar refractivity (Wildman–Crippen MR) is 105 cm³/mol. The van der Waals surface area contributed by atoms with Gasteiger partial charge in [-0.25, -0.2) is 9.18 Å². The monoisotopic (exact) mass is 401 g/mol. The lowest BCUT2D eigenvalue weighted by Crippen LogP contribution is -2.28. The summed E-state index contributed by atoms with van der Waals surface area (Å²) in [7, 11) is 4.50. The quantitative estimate of drug-likeness (QED) is 0.669. The molecule has 29 heavy (non-hydrogen) atoms. The second kappa shape index (κ2) is 8.03. The van der Waals surface area contributed by atoms with Gasteiger partial charge < -0.3 is 23.7 Å². The van der Waals surface area contributed by atoms with Crippen LogP contribution in [-0.2, 0) is 11.3 Å². The molecule has 0 bridgehead atoms. The van der Waals surface area contributed by atoms with Gasteiger partial charge in [0.05, 0.1) is 26.9 Å². The van der Waals surface area contributed by atoms with Crippen molar-refractivity contribution in [2.45, 2.75) is 26.1 Å². The highest BCUT2D eigenvalue weighted by Crippen LogP contribution is 2.38. The zero-order chi connectivity index (χ0) is 21.2. The van der Waals surface area contributed by atoms with E-state index in [9.17, 15) is 9.18 Å². The van der Waals surface area contributed by atoms with Gasteiger partial charge in [0.15, 0.2) is 23.1 Å². The van der Waals surface area contributed by atoms with E-state index in [0.717, 1.165) is 6.07 Å². The summed E-state index contributed by atoms with van der Waals surface area (Å²) in [5.74, 6) is 0.193. The van der Waals surface area contributed by atoms with E-state index in [2.05, 4.69) is 0 Å². The Labute approximate surface area is 168 Å². The maximum absolute atomic E-state index is 14.5. The number of carbonyl (C=O) groups excluding carboxylic acids is 1. The molecule has 7 heteroatoms. The van der Waals surface area contributed by atoms with E-state index < -0.39 is 17.4 Å². The molecule has 0 atom stereocenters. The minimum absolute atomic E-state index is 0.0480. The third kappa shape index (κ3) is 4.29. The number of carbonyl (C=O) groups is 1. The van der Waals surface area contributed by atoms with E-state index >= 15 is 0 Å². The van der Waals surface area contributed by atoms with Gasteiger partial charge in [-0.3, -0.25) is 0 Å². The van der Waals surface area contributed by atoms with Crippen molar-refractivity contribution >= 4 is 12.0 Å². The van der Waals surface area contributed by atoms with Crippen molar-refractivity contribution in [1.82, 2.24) is 0 Å². The largest absolute Gasteiger partial charge is 0.493 e. The number of rotatable bonds is 6. The first-order valence-corrected chi connectivity index (χ1v) is 8.95. The van der Waals surface area contributed by atoms with Crippen LogP contribution in [0.4, 0.5) is 4.39 Å². The van der Waals surface area contributed by atoms with Gasteiger partial charge in [-0.05, 0) is 49.8 Å². The average molecular weight is 401 g/mol. The van der Waals surface area contributed by atoms with Gasteiger partial charge in [0.25, 0.3) is 0 Å². The molecule has 0 saturated carbocycles. The summed E-state index contributed by atoms with van der Waals surface area (Å²) in [5.41, 5.74) is 0.615. The lowest BCUT2D eigenvalue weighted by molar-refractivity contribution is 0.0471. The molecule has 0 aromatic heterocycles. The van der Waals surface area contributed by atoms with E-state index in [1.807, 2.05) is 13.8 Å². The first-order chi connectivity index (χ1) is 13.8. The van der Waals surface area contributed by atoms with Gasteiger partial charge in [-0.2, -0.15) is 0 Å². The van der Waals surface area contributed by atoms with Crippen LogP contribution in [0, 0.1) is 5.82 Å². The van der Waals surface area contributed by atoms with Gasteiger partial charge in [0.1, 0.15) is 12.2 Å². The molecule has 154 valence electrons. The molecule has 2 aromatic rings. The third-order valence-corrected chi connectivity index (χ3v) is 4.43. The molecule has 0 N–H and O–H groups in total. The zero-order valence-corrected chi connectivity index (χ0v) is 17.0. The third-order valence-electron chi connectivity index (χ3n) is 4.43. The Balaban J connectivity index is 1.79. The zero-order valence-electron chi connectivity index (χ0n) is 17.0. The highest BCUT2D eigenvalue weighted by atomic mass is 18.2. The van der Waals surface area contributed by atoms with E-state index in [-0.39, 0.29) is 17.9 Å². The fourth-order valence-electron chi connectivity index (χ4n) is 3.00. The van der Waals surface area contributed by atoms with Crippen LogP contribution in [0.2, 0.25) is 0 Å². The molecule has 2 aromatic carbocycles. The highest BCUT2D eigenvalue weighted by Gasteiger charge is 2.26. The highest BCUT2D eigenvalue weighted by molar-refractivity contribution is 5.91. The van der Waals surface area contributed by atoms with Crippen molar-refractivity contribution < 1.29 is 32.9 Å². The molecule has 0 unspecified atom stereocenters. The molecule has 1 heterocycles. The first kappa shape index (κ1) is 20.5. The molecule has 0 spiro atoms. The second-order valence-electron chi connectivity index (χ2n) is 7.02. The van der Waals surface area contributed by atoms with Crippen molar-refractivity contribution in [3.05, 3.63) is 52.8 Å². The van der Waals surface area contributed by atoms with Gasteiger partial charge in [0.2, 0.25) is 5.75 Å². The molecule has 0 amide bonds. The van der Waals surface area contributed by atoms with E-state index in [1.165, 1.54) is 21.3 Å². The standard InChI is InChI=1S/C22H23FO6/c1-22(2)7-6-14-10-15(11-16(23)19(14)29-22)21(24)28-12-13-8-17(25-3)20(27-5)18(9-13)26-4/h6-11H,12H2,1-5H3/i23-1. The molecular weight excluding hydrogens is 378 g/mol. The molecule has 3 rings (SSSR count). The number of esters is 1. The maximum atomic E-state index is 14.5. The van der Waals surface area contributed by atoms with Crippen LogP contribution >= 0.6 is 0 Å². The fourth-order valence-corrected chi connectivity index (χ4v) is 3.00. The van der Waals surface area contributed by atoms with Crippen LogP contribution < -0.4 is 18.9 Å². The van der Waals surface area contributed by atoms with Crippen molar-refractivity contribution in [2.75, 3.05) is 21.3 Å². The SMILES string of the molecule is COc1cc(COC(=O)c2cc([18F])c3c(c2)C=CC(C)(C)O3)cc(OC)c1OC. The first-order valence-electron chi connectivity index (χ1n) is 8.95. The van der Waals surface area contributed by atoms with Gasteiger partial charge >= 0.3 is 5.97 Å². The predicted octanol–water partition coefficient (Wildman–Crippen LogP) is 4.39. The summed E-state index contributed by atoms with van der Waals surface area (Å²) in [4.78, 5) is 12.5. The van der Waals surface area contributed by atoms with Crippen molar-refractivity contribution in [3.8, 4) is 23.0 Å². The smallest absolute Gasteiger partial charge is 0.338 e. The molecule has 6 nitrogen and oxygen atoms in total. The van der Waals surface area contributed by atoms with Gasteiger partial charge in [-0.15, -0.1) is 0 Å². The molecule has 0 saturated heterocycles. The Morgan fingerprint density at radius 2 is 1.69 bits per heavy atom. The summed E-state index contributed by atoms with van der Waals surface area (Å²) in [5, 5.41) is 0. The van der Waals surface area contributed by atoms with Crippen molar-refractivity contribution in [1.29, 1.82) is 0 Å². The molecule has 1 aliphatic heterocycles. The second-order valence-corrected chi connectivity index (χ2v) is 7.02. The molecular formula is C22H23FO6. The Morgan fingerprint density at radius 3 is 2.28 bits per heavy atom. The van der Waals surface area contributed by atoms with Crippen LogP contribution in [0.25, 0.3) is 6.08 Å². The molecule has 0 radical (unpaired) electrons. The number of fused-ring (bicyclic) bond motifs is 1. The summed E-state index contributed by atoms with van der Waals surface area (Å²) in [6.07, 6.45) is 3.54. The number of ether oxygens (including phenoxy) is 5. The molecule has 1 aliphatic rings. The fraction of sp³-hybridized carbons (Fsp3) is 0.318. The summed E-state index contributed by atoms with van der Waals surface area (Å²) < 4.78 is 41.3. The Hall–Kier alpha value is -3.22. The topological polar surface area (TPSA) is 63.2 Å². The van der Waals surface area contributed by atoms with E-state index in [0.29, 0.717) is 28.4 Å². The van der Waals surface area contributed by atoms with Gasteiger partial charge in [0, 0.05) is 5.56 Å². The maximum Gasteiger partial charge on any atom is 0.338 e. The average Bonchev–Trinajstić information content (AvgIpc) is 2.70. The number of benzene rings is 2. The Bertz CT molecular complexity index is 939. The molecule has 0 fully saturated rings. The summed E-state index contributed by atoms with van der Waals surface area (Å²) >= 11 is 0. The summed E-state index contributed by atoms with van der Waals surface area (Å²) in [6, 6.07) is 6.02. The van der Waals surface area contributed by atoms with Crippen LogP contribution in [0.3, 0.4) is 0 Å². The minimum Gasteiger partial charge on any atom is -0.493 e. The lowest BCUT2D eigenvalue weighted by Gasteiger charge is -2.28. The van der Waals surface area contributed by atoms with Crippen LogP contribution in [-0.4, -0.2) is 32.9 Å². The number of hydrogen-bond donors (Lipinski definition) is 0. The van der Waals surface area contributed by atoms with Crippen molar-refractivity contribution in [3.63, 3.8) is 0 Å². The summed E-state index contributed by atoms with van der Waals surface area (Å²) in [6.45, 7) is 3.60. The molecule has 0 aliphatic carbocycles. The van der Waals surface area contributed by atoms with Crippen LogP contribution in [0.1, 0.15) is 35.3 Å². The number of methoxy groups -OCH3 is 3. The minimum atomic E-state index is -0.654.